The Morgan fingerprint density at radius 2 is 2.20 bits per heavy atom. The van der Waals surface area contributed by atoms with Crippen molar-refractivity contribution in [2.45, 2.75) is 13.5 Å². The van der Waals surface area contributed by atoms with E-state index in [4.69, 9.17) is 9.15 Å². The first kappa shape index (κ1) is 9.65. The molecule has 0 saturated carbocycles. The molecule has 15 heavy (non-hydrogen) atoms. The number of phenols is 1. The average Bonchev–Trinajstić information content (AvgIpc) is 2.65. The molecule has 1 N–H and O–H groups in total. The summed E-state index contributed by atoms with van der Waals surface area (Å²) in [4.78, 5) is 0. The molecule has 0 atom stereocenters. The molecule has 1 aromatic carbocycles. The van der Waals surface area contributed by atoms with Crippen molar-refractivity contribution in [3.8, 4) is 11.5 Å². The first-order valence-corrected chi connectivity index (χ1v) is 4.70. The third-order valence-corrected chi connectivity index (χ3v) is 2.00. The maximum Gasteiger partial charge on any atom is 0.146 e. The van der Waals surface area contributed by atoms with E-state index in [0.717, 1.165) is 11.3 Å². The lowest BCUT2D eigenvalue weighted by molar-refractivity contribution is 0.269. The van der Waals surface area contributed by atoms with Crippen LogP contribution in [0.3, 0.4) is 0 Å². The van der Waals surface area contributed by atoms with E-state index >= 15 is 0 Å². The van der Waals surface area contributed by atoms with Crippen LogP contribution in [-0.2, 0) is 6.61 Å². The molecular weight excluding hydrogens is 192 g/mol. The van der Waals surface area contributed by atoms with E-state index in [1.54, 1.807) is 18.4 Å². The molecule has 1 aromatic heterocycles. The summed E-state index contributed by atoms with van der Waals surface area (Å²) in [6.07, 6.45) is 1.60. The van der Waals surface area contributed by atoms with Crippen LogP contribution in [0.25, 0.3) is 0 Å². The van der Waals surface area contributed by atoms with Gasteiger partial charge in [-0.05, 0) is 36.8 Å². The predicted molar refractivity (Wildman–Crippen MR) is 55.9 cm³/mol. The first-order valence-electron chi connectivity index (χ1n) is 4.70. The van der Waals surface area contributed by atoms with Gasteiger partial charge in [-0.1, -0.05) is 0 Å². The van der Waals surface area contributed by atoms with E-state index in [0.29, 0.717) is 12.4 Å². The summed E-state index contributed by atoms with van der Waals surface area (Å²) < 4.78 is 10.6. The number of benzene rings is 1. The Morgan fingerprint density at radius 1 is 1.33 bits per heavy atom. The van der Waals surface area contributed by atoms with Crippen molar-refractivity contribution in [2.75, 3.05) is 0 Å². The molecule has 0 unspecified atom stereocenters. The zero-order valence-corrected chi connectivity index (χ0v) is 8.43. The Kier molecular flexibility index (Phi) is 2.63. The number of rotatable bonds is 3. The van der Waals surface area contributed by atoms with Crippen molar-refractivity contribution in [1.82, 2.24) is 0 Å². The van der Waals surface area contributed by atoms with Crippen molar-refractivity contribution < 1.29 is 14.3 Å². The van der Waals surface area contributed by atoms with Gasteiger partial charge < -0.3 is 14.3 Å². The van der Waals surface area contributed by atoms with Crippen molar-refractivity contribution in [1.29, 1.82) is 0 Å². The van der Waals surface area contributed by atoms with Gasteiger partial charge in [0, 0.05) is 6.07 Å². The molecule has 0 aliphatic carbocycles. The highest BCUT2D eigenvalue weighted by molar-refractivity contribution is 5.36. The molecule has 0 bridgehead atoms. The average molecular weight is 204 g/mol. The second-order valence-electron chi connectivity index (χ2n) is 3.37. The highest BCUT2D eigenvalue weighted by atomic mass is 16.5. The Morgan fingerprint density at radius 3 is 2.87 bits per heavy atom. The van der Waals surface area contributed by atoms with Gasteiger partial charge in [0.15, 0.2) is 0 Å². The van der Waals surface area contributed by atoms with Crippen LogP contribution in [0.4, 0.5) is 0 Å². The zero-order valence-electron chi connectivity index (χ0n) is 8.43. The monoisotopic (exact) mass is 204 g/mol. The van der Waals surface area contributed by atoms with Crippen molar-refractivity contribution >= 4 is 0 Å². The summed E-state index contributed by atoms with van der Waals surface area (Å²) in [6.45, 7) is 2.27. The third kappa shape index (κ3) is 2.53. The number of aromatic hydroxyl groups is 1. The van der Waals surface area contributed by atoms with Gasteiger partial charge in [-0.2, -0.15) is 0 Å². The van der Waals surface area contributed by atoms with Gasteiger partial charge in [0.05, 0.1) is 6.26 Å². The first-order chi connectivity index (χ1) is 7.24. The van der Waals surface area contributed by atoms with E-state index in [1.807, 2.05) is 25.1 Å². The summed E-state index contributed by atoms with van der Waals surface area (Å²) >= 11 is 0. The van der Waals surface area contributed by atoms with Crippen LogP contribution in [0.2, 0.25) is 0 Å². The minimum Gasteiger partial charge on any atom is -0.508 e. The van der Waals surface area contributed by atoms with Gasteiger partial charge in [-0.25, -0.2) is 0 Å². The minimum absolute atomic E-state index is 0.212. The molecule has 0 spiro atoms. The van der Waals surface area contributed by atoms with Crippen molar-refractivity contribution in [3.63, 3.8) is 0 Å². The Bertz CT molecular complexity index is 412. The van der Waals surface area contributed by atoms with Gasteiger partial charge in [0.25, 0.3) is 0 Å². The second kappa shape index (κ2) is 4.09. The van der Waals surface area contributed by atoms with Gasteiger partial charge in [0.2, 0.25) is 0 Å². The fourth-order valence-corrected chi connectivity index (χ4v) is 1.36. The minimum atomic E-state index is 0.212. The normalized spacial score (nSPS) is 10.2. The van der Waals surface area contributed by atoms with Crippen LogP contribution in [0.1, 0.15) is 11.3 Å². The SMILES string of the molecule is Cc1cc(O)cc(OCc2ccco2)c1. The number of hydrogen-bond donors (Lipinski definition) is 1. The molecule has 0 saturated heterocycles. The fraction of sp³-hybridized carbons (Fsp3) is 0.167. The van der Waals surface area contributed by atoms with Gasteiger partial charge in [-0.15, -0.1) is 0 Å². The molecule has 2 aromatic rings. The van der Waals surface area contributed by atoms with E-state index in [9.17, 15) is 5.11 Å². The van der Waals surface area contributed by atoms with Gasteiger partial charge in [0.1, 0.15) is 23.9 Å². The number of furan rings is 1. The van der Waals surface area contributed by atoms with Crippen LogP contribution >= 0.6 is 0 Å². The smallest absolute Gasteiger partial charge is 0.146 e. The highest BCUT2D eigenvalue weighted by Gasteiger charge is 2.00. The Hall–Kier alpha value is -1.90. The summed E-state index contributed by atoms with van der Waals surface area (Å²) in [5.74, 6) is 1.62. The molecule has 0 radical (unpaired) electrons. The maximum absolute atomic E-state index is 9.35. The lowest BCUT2D eigenvalue weighted by Crippen LogP contribution is -1.93. The van der Waals surface area contributed by atoms with Crippen LogP contribution in [0.15, 0.2) is 41.0 Å². The number of phenolic OH excluding ortho intramolecular Hbond substituents is 1. The molecule has 1 heterocycles. The number of aryl methyl sites for hydroxylation is 1. The van der Waals surface area contributed by atoms with Gasteiger partial charge in [-0.3, -0.25) is 0 Å². The molecule has 0 aliphatic heterocycles. The van der Waals surface area contributed by atoms with Crippen LogP contribution in [0.5, 0.6) is 11.5 Å². The third-order valence-electron chi connectivity index (χ3n) is 2.00. The van der Waals surface area contributed by atoms with E-state index in [-0.39, 0.29) is 5.75 Å². The predicted octanol–water partition coefficient (Wildman–Crippen LogP) is 2.87. The van der Waals surface area contributed by atoms with E-state index in [1.165, 1.54) is 0 Å². The maximum atomic E-state index is 9.35. The number of hydrogen-bond acceptors (Lipinski definition) is 3. The molecule has 3 nitrogen and oxygen atoms in total. The second-order valence-corrected chi connectivity index (χ2v) is 3.37. The molecule has 0 aliphatic rings. The van der Waals surface area contributed by atoms with E-state index < -0.39 is 0 Å². The summed E-state index contributed by atoms with van der Waals surface area (Å²) in [5, 5.41) is 9.35. The standard InChI is InChI=1S/C12H12O3/c1-9-5-10(13)7-12(6-9)15-8-11-3-2-4-14-11/h2-7,13H,8H2,1H3. The molecule has 2 rings (SSSR count). The summed E-state index contributed by atoms with van der Waals surface area (Å²) in [5.41, 5.74) is 0.962. The lowest BCUT2D eigenvalue weighted by Gasteiger charge is -2.05. The number of ether oxygens (including phenoxy) is 1. The molecule has 0 amide bonds. The fourth-order valence-electron chi connectivity index (χ4n) is 1.36. The summed E-state index contributed by atoms with van der Waals surface area (Å²) in [6, 6.07) is 8.78. The molecule has 78 valence electrons. The Balaban J connectivity index is 2.05. The van der Waals surface area contributed by atoms with Crippen molar-refractivity contribution in [2.24, 2.45) is 0 Å². The Labute approximate surface area is 87.9 Å². The van der Waals surface area contributed by atoms with E-state index in [2.05, 4.69) is 0 Å². The molecule has 0 fully saturated rings. The summed E-state index contributed by atoms with van der Waals surface area (Å²) in [7, 11) is 0. The van der Waals surface area contributed by atoms with Crippen LogP contribution in [0, 0.1) is 6.92 Å². The zero-order chi connectivity index (χ0) is 10.7. The molecule has 3 heteroatoms. The van der Waals surface area contributed by atoms with Crippen LogP contribution < -0.4 is 4.74 Å². The topological polar surface area (TPSA) is 42.6 Å². The largest absolute Gasteiger partial charge is 0.508 e. The van der Waals surface area contributed by atoms with Crippen LogP contribution in [-0.4, -0.2) is 5.11 Å². The van der Waals surface area contributed by atoms with Gasteiger partial charge >= 0.3 is 0 Å². The highest BCUT2D eigenvalue weighted by Crippen LogP contribution is 2.22. The van der Waals surface area contributed by atoms with Crippen molar-refractivity contribution in [3.05, 3.63) is 47.9 Å². The quantitative estimate of drug-likeness (QED) is 0.835. The molecular formula is C12H12O3. The lowest BCUT2D eigenvalue weighted by atomic mass is 10.2.